The van der Waals surface area contributed by atoms with Crippen LogP contribution in [0.5, 0.6) is 0 Å². The van der Waals surface area contributed by atoms with Gasteiger partial charge in [-0.15, -0.1) is 0 Å². The van der Waals surface area contributed by atoms with Gasteiger partial charge in [-0.05, 0) is 31.2 Å². The molecule has 17 heteroatoms. The van der Waals surface area contributed by atoms with Gasteiger partial charge in [0.2, 0.25) is 12.0 Å². The highest BCUT2D eigenvalue weighted by Gasteiger charge is 2.61. The van der Waals surface area contributed by atoms with E-state index < -0.39 is 47.3 Å². The second-order valence-electron chi connectivity index (χ2n) is 8.89. The first-order valence-electron chi connectivity index (χ1n) is 11.2. The van der Waals surface area contributed by atoms with Crippen molar-refractivity contribution in [3.05, 3.63) is 51.1 Å². The summed E-state index contributed by atoms with van der Waals surface area (Å²) in [5, 5.41) is 10.7. The van der Waals surface area contributed by atoms with Crippen molar-refractivity contribution in [2.45, 2.75) is 24.9 Å². The molecule has 0 radical (unpaired) electrons. The number of amides is 4. The molecule has 3 aliphatic rings. The molecule has 0 spiro atoms. The number of imide groups is 1. The lowest BCUT2D eigenvalue weighted by atomic mass is 9.91. The van der Waals surface area contributed by atoms with Crippen molar-refractivity contribution in [1.29, 1.82) is 0 Å². The molecule has 1 aromatic carbocycles. The number of oxime groups is 1. The smallest absolute Gasteiger partial charge is 0.381 e. The second-order valence-corrected chi connectivity index (χ2v) is 10.1. The summed E-state index contributed by atoms with van der Waals surface area (Å²) in [6.07, 6.45) is -5.24. The number of hydrogen-bond acceptors (Lipinski definition) is 8. The summed E-state index contributed by atoms with van der Waals surface area (Å²) in [5.74, 6) is -2.48. The molecule has 5 rings (SSSR count). The normalized spacial score (nSPS) is 24.6. The maximum Gasteiger partial charge on any atom is 0.417 e. The Labute approximate surface area is 233 Å². The van der Waals surface area contributed by atoms with Crippen LogP contribution in [-0.4, -0.2) is 58.3 Å². The minimum atomic E-state index is -4.61. The van der Waals surface area contributed by atoms with E-state index in [9.17, 15) is 27.6 Å². The van der Waals surface area contributed by atoms with Gasteiger partial charge in [0.15, 0.2) is 5.66 Å². The van der Waals surface area contributed by atoms with Crippen molar-refractivity contribution in [3.8, 4) is 0 Å². The van der Waals surface area contributed by atoms with Crippen LogP contribution in [-0.2, 0) is 20.6 Å². The number of pyridine rings is 1. The quantitative estimate of drug-likeness (QED) is 0.428. The number of benzene rings is 1. The molecule has 1 aromatic heterocycles. The fraction of sp³-hybridized carbons (Fsp3) is 0.318. The second kappa shape index (κ2) is 9.70. The van der Waals surface area contributed by atoms with Gasteiger partial charge in [-0.1, -0.05) is 40.0 Å². The lowest BCUT2D eigenvalue weighted by Crippen LogP contribution is -2.58. The number of alkyl halides is 3. The number of likely N-dealkylation sites (tertiary alicyclic amines) is 1. The summed E-state index contributed by atoms with van der Waals surface area (Å²) in [7, 11) is 0. The van der Waals surface area contributed by atoms with Crippen LogP contribution < -0.4 is 21.1 Å². The van der Waals surface area contributed by atoms with Gasteiger partial charge in [0.1, 0.15) is 17.4 Å². The Morgan fingerprint density at radius 2 is 1.87 bits per heavy atom. The van der Waals surface area contributed by atoms with Crippen LogP contribution in [0, 0.1) is 5.92 Å². The van der Waals surface area contributed by atoms with Crippen molar-refractivity contribution in [1.82, 2.24) is 20.6 Å². The zero-order valence-corrected chi connectivity index (χ0v) is 21.9. The van der Waals surface area contributed by atoms with E-state index in [2.05, 4.69) is 26.2 Å². The lowest BCUT2D eigenvalue weighted by molar-refractivity contribution is -0.142. The van der Waals surface area contributed by atoms with E-state index in [1.165, 1.54) is 18.2 Å². The molecule has 39 heavy (non-hydrogen) atoms. The Balaban J connectivity index is 1.27. The predicted octanol–water partition coefficient (Wildman–Crippen LogP) is 3.66. The number of hydrazine groups is 1. The van der Waals surface area contributed by atoms with Gasteiger partial charge in [-0.3, -0.25) is 14.5 Å². The molecule has 3 aliphatic heterocycles. The molecule has 11 nitrogen and oxygen atoms in total. The molecule has 206 valence electrons. The molecule has 2 fully saturated rings. The van der Waals surface area contributed by atoms with E-state index >= 15 is 0 Å². The summed E-state index contributed by atoms with van der Waals surface area (Å²) in [6, 6.07) is 4.63. The van der Waals surface area contributed by atoms with E-state index in [1.54, 1.807) is 6.92 Å². The van der Waals surface area contributed by atoms with Gasteiger partial charge >= 0.3 is 12.2 Å². The van der Waals surface area contributed by atoms with Crippen LogP contribution in [0.25, 0.3) is 0 Å². The average molecular weight is 607 g/mol. The predicted molar refractivity (Wildman–Crippen MR) is 134 cm³/mol. The monoisotopic (exact) mass is 605 g/mol. The number of urea groups is 1. The number of fused-ring (bicyclic) bond motifs is 1. The molecule has 3 atom stereocenters. The van der Waals surface area contributed by atoms with Gasteiger partial charge in [0.25, 0.3) is 5.91 Å². The Morgan fingerprint density at radius 1 is 1.13 bits per heavy atom. The molecule has 0 aliphatic carbocycles. The van der Waals surface area contributed by atoms with Crippen LogP contribution in [0.15, 0.2) is 35.6 Å². The zero-order valence-electron chi connectivity index (χ0n) is 19.6. The molecule has 2 aromatic rings. The highest BCUT2D eigenvalue weighted by Crippen LogP contribution is 2.37. The molecule has 2 saturated heterocycles. The third kappa shape index (κ3) is 4.81. The highest BCUT2D eigenvalue weighted by atomic mass is 35.5. The molecule has 0 unspecified atom stereocenters. The lowest BCUT2D eigenvalue weighted by Gasteiger charge is -2.26. The van der Waals surface area contributed by atoms with Crippen molar-refractivity contribution in [2.24, 2.45) is 11.1 Å². The first kappa shape index (κ1) is 27.2. The van der Waals surface area contributed by atoms with Gasteiger partial charge in [0, 0.05) is 24.3 Å². The Hall–Kier alpha value is -3.33. The van der Waals surface area contributed by atoms with Gasteiger partial charge in [-0.25, -0.2) is 14.8 Å². The van der Waals surface area contributed by atoms with Crippen LogP contribution in [0.1, 0.15) is 12.5 Å². The van der Waals surface area contributed by atoms with Crippen LogP contribution in [0.3, 0.4) is 0 Å². The number of nitrogens with zero attached hydrogens (tertiary/aromatic N) is 4. The van der Waals surface area contributed by atoms with Crippen molar-refractivity contribution >= 4 is 69.9 Å². The molecular formula is C22H17Cl3F3N7O4. The largest absolute Gasteiger partial charge is 0.417 e. The molecule has 0 bridgehead atoms. The van der Waals surface area contributed by atoms with Crippen molar-refractivity contribution in [3.63, 3.8) is 0 Å². The highest BCUT2D eigenvalue weighted by molar-refractivity contribution is 6.37. The summed E-state index contributed by atoms with van der Waals surface area (Å²) >= 11 is 18.1. The molecular weight excluding hydrogens is 590 g/mol. The third-order valence-electron chi connectivity index (χ3n) is 6.26. The zero-order chi connectivity index (χ0) is 28.3. The van der Waals surface area contributed by atoms with Crippen molar-refractivity contribution in [2.75, 3.05) is 23.4 Å². The number of hydrogen-bond donors (Lipinski definition) is 3. The SMILES string of the molecule is C[C@]1(C2=NO[C@H]3C(=O)N(CCNc4ncc(C(F)(F)F)cc4Cl)C(=O)[C@H]23)NC(=O)N(c2ccc(Cl)cc2Cl)N1. The fourth-order valence-corrected chi connectivity index (χ4v) is 5.12. The molecule has 4 amide bonds. The van der Waals surface area contributed by atoms with Crippen LogP contribution in [0.4, 0.5) is 29.5 Å². The minimum absolute atomic E-state index is 0.0474. The Kier molecular flexibility index (Phi) is 6.77. The topological polar surface area (TPSA) is 128 Å². The van der Waals surface area contributed by atoms with Crippen LogP contribution in [0.2, 0.25) is 15.1 Å². The van der Waals surface area contributed by atoms with E-state index in [0.29, 0.717) is 17.3 Å². The summed E-state index contributed by atoms with van der Waals surface area (Å²) in [6.45, 7) is 1.32. The van der Waals surface area contributed by atoms with Crippen LogP contribution >= 0.6 is 34.8 Å². The Morgan fingerprint density at radius 3 is 2.54 bits per heavy atom. The average Bonchev–Trinajstić information content (AvgIpc) is 3.49. The number of carbonyl (C=O) groups is 3. The summed E-state index contributed by atoms with van der Waals surface area (Å²) in [4.78, 5) is 48.8. The maximum atomic E-state index is 13.3. The minimum Gasteiger partial charge on any atom is -0.381 e. The van der Waals surface area contributed by atoms with Crippen molar-refractivity contribution < 1.29 is 32.4 Å². The van der Waals surface area contributed by atoms with Gasteiger partial charge in [0.05, 0.1) is 21.3 Å². The van der Waals surface area contributed by atoms with E-state index in [0.717, 1.165) is 9.91 Å². The maximum absolute atomic E-state index is 13.3. The fourth-order valence-electron chi connectivity index (χ4n) is 4.40. The third-order valence-corrected chi connectivity index (χ3v) is 7.08. The molecule has 3 N–H and O–H groups in total. The summed E-state index contributed by atoms with van der Waals surface area (Å²) < 4.78 is 38.5. The first-order valence-corrected chi connectivity index (χ1v) is 12.3. The number of anilines is 2. The van der Waals surface area contributed by atoms with E-state index in [-0.39, 0.29) is 40.4 Å². The first-order chi connectivity index (χ1) is 18.3. The Bertz CT molecular complexity index is 1430. The number of nitrogens with one attached hydrogen (secondary N) is 3. The van der Waals surface area contributed by atoms with Gasteiger partial charge in [-0.2, -0.15) is 18.6 Å². The molecule has 0 saturated carbocycles. The number of carbonyl (C=O) groups excluding carboxylic acids is 3. The van der Waals surface area contributed by atoms with E-state index in [4.69, 9.17) is 39.6 Å². The van der Waals surface area contributed by atoms with E-state index in [1.807, 2.05) is 0 Å². The van der Waals surface area contributed by atoms with Gasteiger partial charge < -0.3 is 15.5 Å². The molecule has 4 heterocycles. The number of halogens is 6. The number of rotatable bonds is 6. The number of aromatic nitrogens is 1. The standard InChI is InChI=1S/C22H17Cl3F3N7O4/c1-21(31-20(38)35(33-21)13-3-2-10(23)7-11(13)24)16-14-15(39-32-16)19(37)34(18(14)36)5-4-29-17-12(25)6-9(8-30-17)22(26,27)28/h2-3,6-8,14-15,33H,4-5H2,1H3,(H,29,30)(H,31,38)/t14-,15+,21-/m0/s1. The summed E-state index contributed by atoms with van der Waals surface area (Å²) in [5.41, 5.74) is 0.842.